The molecule has 1 aliphatic heterocycles. The maximum atomic E-state index is 14.4. The molecule has 0 amide bonds. The van der Waals surface area contributed by atoms with Gasteiger partial charge in [-0.3, -0.25) is 5.41 Å². The normalized spacial score (nSPS) is 16.4. The summed E-state index contributed by atoms with van der Waals surface area (Å²) in [6.07, 6.45) is 2.00. The Morgan fingerprint density at radius 1 is 1.50 bits per heavy atom. The lowest BCUT2D eigenvalue weighted by Gasteiger charge is -2.33. The van der Waals surface area contributed by atoms with Crippen molar-refractivity contribution >= 4 is 27.5 Å². The van der Waals surface area contributed by atoms with Gasteiger partial charge in [0, 0.05) is 32.4 Å². The highest BCUT2D eigenvalue weighted by molar-refractivity contribution is 9.10. The van der Waals surface area contributed by atoms with Gasteiger partial charge in [-0.25, -0.2) is 4.39 Å². The van der Waals surface area contributed by atoms with Crippen molar-refractivity contribution < 1.29 is 9.13 Å². The van der Waals surface area contributed by atoms with Crippen LogP contribution in [-0.2, 0) is 4.74 Å². The van der Waals surface area contributed by atoms with Gasteiger partial charge in [-0.05, 0) is 46.8 Å². The molecule has 0 saturated carbocycles. The number of piperidine rings is 1. The molecule has 20 heavy (non-hydrogen) atoms. The average Bonchev–Trinajstić information content (AvgIpc) is 2.43. The van der Waals surface area contributed by atoms with Gasteiger partial charge in [-0.1, -0.05) is 0 Å². The Morgan fingerprint density at radius 3 is 2.70 bits per heavy atom. The molecule has 2 rings (SSSR count). The summed E-state index contributed by atoms with van der Waals surface area (Å²) < 4.78 is 19.8. The maximum absolute atomic E-state index is 14.4. The monoisotopic (exact) mass is 343 g/mol. The molecule has 0 radical (unpaired) electrons. The van der Waals surface area contributed by atoms with E-state index in [-0.39, 0.29) is 16.1 Å². The number of nitrogens with one attached hydrogen (secondary N) is 1. The third-order valence-electron chi connectivity index (χ3n) is 3.71. The van der Waals surface area contributed by atoms with Crippen LogP contribution in [0.4, 0.5) is 10.1 Å². The minimum Gasteiger partial charge on any atom is -0.384 e. The van der Waals surface area contributed by atoms with Crippen molar-refractivity contribution in [1.82, 2.24) is 0 Å². The lowest BCUT2D eigenvalue weighted by atomic mass is 9.97. The number of nitrogens with zero attached hydrogens (tertiary/aromatic N) is 1. The van der Waals surface area contributed by atoms with Crippen LogP contribution in [0, 0.1) is 17.1 Å². The van der Waals surface area contributed by atoms with Crippen LogP contribution in [0.25, 0.3) is 0 Å². The van der Waals surface area contributed by atoms with Crippen LogP contribution in [0.1, 0.15) is 18.4 Å². The fraction of sp³-hybridized carbons (Fsp3) is 0.500. The Balaban J connectivity index is 2.15. The highest BCUT2D eigenvalue weighted by Gasteiger charge is 2.23. The van der Waals surface area contributed by atoms with E-state index in [1.807, 2.05) is 4.90 Å². The van der Waals surface area contributed by atoms with Gasteiger partial charge < -0.3 is 15.4 Å². The Kier molecular flexibility index (Phi) is 4.99. The van der Waals surface area contributed by atoms with Gasteiger partial charge in [-0.15, -0.1) is 0 Å². The molecule has 6 heteroatoms. The van der Waals surface area contributed by atoms with E-state index in [1.165, 1.54) is 0 Å². The molecule has 0 aliphatic carbocycles. The predicted molar refractivity (Wildman–Crippen MR) is 81.9 cm³/mol. The van der Waals surface area contributed by atoms with Gasteiger partial charge in [-0.2, -0.15) is 0 Å². The summed E-state index contributed by atoms with van der Waals surface area (Å²) in [6, 6.07) is 3.39. The third kappa shape index (κ3) is 3.12. The number of nitrogen functional groups attached to an aromatic ring is 1. The van der Waals surface area contributed by atoms with Crippen LogP contribution in [0.5, 0.6) is 0 Å². The first-order chi connectivity index (χ1) is 9.54. The van der Waals surface area contributed by atoms with E-state index >= 15 is 0 Å². The zero-order valence-electron chi connectivity index (χ0n) is 11.5. The minimum atomic E-state index is -0.345. The molecule has 3 N–H and O–H groups in total. The fourth-order valence-electron chi connectivity index (χ4n) is 2.57. The molecule has 1 heterocycles. The second-order valence-electron chi connectivity index (χ2n) is 5.06. The number of amidine groups is 1. The first-order valence-corrected chi connectivity index (χ1v) is 7.40. The van der Waals surface area contributed by atoms with E-state index in [0.717, 1.165) is 32.5 Å². The highest BCUT2D eigenvalue weighted by atomic mass is 79.9. The largest absolute Gasteiger partial charge is 0.384 e. The van der Waals surface area contributed by atoms with Crippen molar-refractivity contribution in [2.75, 3.05) is 31.7 Å². The zero-order chi connectivity index (χ0) is 14.7. The van der Waals surface area contributed by atoms with Crippen molar-refractivity contribution in [2.45, 2.75) is 12.8 Å². The molecule has 0 unspecified atom stereocenters. The van der Waals surface area contributed by atoms with E-state index in [4.69, 9.17) is 15.9 Å². The highest BCUT2D eigenvalue weighted by Crippen LogP contribution is 2.31. The SMILES string of the molecule is COCC1CCN(c2ccc(C(=N)N)c(Br)c2F)CC1. The van der Waals surface area contributed by atoms with E-state index in [9.17, 15) is 4.39 Å². The molecule has 1 aromatic rings. The summed E-state index contributed by atoms with van der Waals surface area (Å²) in [6.45, 7) is 2.40. The summed E-state index contributed by atoms with van der Waals surface area (Å²) in [5.74, 6) is 0.0725. The first kappa shape index (κ1) is 15.3. The molecular formula is C14H19BrFN3O. The van der Waals surface area contributed by atoms with Gasteiger partial charge in [0.05, 0.1) is 10.2 Å². The molecule has 1 aromatic carbocycles. The molecule has 1 saturated heterocycles. The number of benzene rings is 1. The molecule has 110 valence electrons. The van der Waals surface area contributed by atoms with E-state index in [0.29, 0.717) is 17.2 Å². The summed E-state index contributed by atoms with van der Waals surface area (Å²) in [5, 5.41) is 7.41. The standard InChI is InChI=1S/C14H19BrFN3O/c1-20-8-9-4-6-19(7-5-9)11-3-2-10(14(17)18)12(15)13(11)16/h2-3,9H,4-8H2,1H3,(H3,17,18). The molecule has 1 aliphatic rings. The van der Waals surface area contributed by atoms with Crippen LogP contribution in [0.15, 0.2) is 16.6 Å². The third-order valence-corrected chi connectivity index (χ3v) is 4.48. The molecule has 0 spiro atoms. The van der Waals surface area contributed by atoms with Crippen LogP contribution in [-0.4, -0.2) is 32.6 Å². The van der Waals surface area contributed by atoms with E-state index in [1.54, 1.807) is 19.2 Å². The number of ether oxygens (including phenoxy) is 1. The van der Waals surface area contributed by atoms with E-state index < -0.39 is 0 Å². The predicted octanol–water partition coefficient (Wildman–Crippen LogP) is 2.74. The van der Waals surface area contributed by atoms with Crippen LogP contribution in [0.2, 0.25) is 0 Å². The number of anilines is 1. The van der Waals surface area contributed by atoms with E-state index in [2.05, 4.69) is 15.9 Å². The Bertz CT molecular complexity index is 501. The van der Waals surface area contributed by atoms with Gasteiger partial charge in [0.2, 0.25) is 0 Å². The van der Waals surface area contributed by atoms with Crippen LogP contribution < -0.4 is 10.6 Å². The number of halogens is 2. The van der Waals surface area contributed by atoms with Gasteiger partial charge in [0.25, 0.3) is 0 Å². The number of hydrogen-bond donors (Lipinski definition) is 2. The first-order valence-electron chi connectivity index (χ1n) is 6.61. The van der Waals surface area contributed by atoms with Crippen LogP contribution >= 0.6 is 15.9 Å². The Labute approximate surface area is 126 Å². The van der Waals surface area contributed by atoms with Crippen molar-refractivity contribution in [2.24, 2.45) is 11.7 Å². The van der Waals surface area contributed by atoms with Crippen molar-refractivity contribution in [3.05, 3.63) is 28.0 Å². The Hall–Kier alpha value is -1.14. The summed E-state index contributed by atoms with van der Waals surface area (Å²) in [5.41, 5.74) is 6.38. The van der Waals surface area contributed by atoms with Gasteiger partial charge in [0.15, 0.2) is 5.82 Å². The van der Waals surface area contributed by atoms with Crippen molar-refractivity contribution in [3.8, 4) is 0 Å². The fourth-order valence-corrected chi connectivity index (χ4v) is 3.12. The zero-order valence-corrected chi connectivity index (χ0v) is 13.0. The van der Waals surface area contributed by atoms with Gasteiger partial charge in [0.1, 0.15) is 5.84 Å². The molecule has 1 fully saturated rings. The second-order valence-corrected chi connectivity index (χ2v) is 5.85. The average molecular weight is 344 g/mol. The van der Waals surface area contributed by atoms with Crippen LogP contribution in [0.3, 0.4) is 0 Å². The molecule has 0 bridgehead atoms. The lowest BCUT2D eigenvalue weighted by molar-refractivity contribution is 0.139. The molecule has 4 nitrogen and oxygen atoms in total. The maximum Gasteiger partial charge on any atom is 0.161 e. The summed E-state index contributed by atoms with van der Waals surface area (Å²) >= 11 is 3.19. The molecule has 0 aromatic heterocycles. The minimum absolute atomic E-state index is 0.138. The number of nitrogens with two attached hydrogens (primary N) is 1. The van der Waals surface area contributed by atoms with Crippen molar-refractivity contribution in [3.63, 3.8) is 0 Å². The summed E-state index contributed by atoms with van der Waals surface area (Å²) in [4.78, 5) is 2.04. The lowest BCUT2D eigenvalue weighted by Crippen LogP contribution is -2.35. The smallest absolute Gasteiger partial charge is 0.161 e. The topological polar surface area (TPSA) is 62.3 Å². The number of rotatable bonds is 4. The number of methoxy groups -OCH3 is 1. The number of hydrogen-bond acceptors (Lipinski definition) is 3. The molecule has 0 atom stereocenters. The van der Waals surface area contributed by atoms with Gasteiger partial charge >= 0.3 is 0 Å². The molecular weight excluding hydrogens is 325 g/mol. The second kappa shape index (κ2) is 6.54. The summed E-state index contributed by atoms with van der Waals surface area (Å²) in [7, 11) is 1.71. The quantitative estimate of drug-likeness (QED) is 0.652. The Morgan fingerprint density at radius 2 is 2.15 bits per heavy atom. The van der Waals surface area contributed by atoms with Crippen molar-refractivity contribution in [1.29, 1.82) is 5.41 Å².